The van der Waals surface area contributed by atoms with Crippen LogP contribution in [0.15, 0.2) is 95.9 Å². The maximum absolute atomic E-state index is 13.6. The summed E-state index contributed by atoms with van der Waals surface area (Å²) in [6, 6.07) is 27.0. The van der Waals surface area contributed by atoms with Gasteiger partial charge in [-0.05, 0) is 98.0 Å². The third-order valence-corrected chi connectivity index (χ3v) is 8.08. The second kappa shape index (κ2) is 10.4. The molecule has 0 aliphatic heterocycles. The average Bonchev–Trinajstić information content (AvgIpc) is 2.87. The monoisotopic (exact) mass is 498 g/mol. The zero-order valence-corrected chi connectivity index (χ0v) is 21.8. The predicted molar refractivity (Wildman–Crippen MR) is 146 cm³/mol. The second-order valence-corrected chi connectivity index (χ2v) is 10.9. The van der Waals surface area contributed by atoms with Crippen molar-refractivity contribution < 1.29 is 13.2 Å². The third kappa shape index (κ3) is 5.50. The molecule has 0 fully saturated rings. The van der Waals surface area contributed by atoms with E-state index in [4.69, 9.17) is 0 Å². The van der Waals surface area contributed by atoms with E-state index in [2.05, 4.69) is 5.32 Å². The van der Waals surface area contributed by atoms with Crippen LogP contribution >= 0.6 is 0 Å². The smallest absolute Gasteiger partial charge is 0.264 e. The molecule has 0 radical (unpaired) electrons. The number of sulfonamides is 1. The number of benzene rings is 4. The minimum atomic E-state index is -3.80. The number of aryl methyl sites for hydroxylation is 4. The Labute approximate surface area is 213 Å². The van der Waals surface area contributed by atoms with Crippen molar-refractivity contribution in [2.45, 2.75) is 39.1 Å². The molecule has 184 valence electrons. The Balaban J connectivity index is 1.62. The molecule has 0 aliphatic rings. The van der Waals surface area contributed by atoms with Crippen LogP contribution in [0.2, 0.25) is 0 Å². The first-order chi connectivity index (χ1) is 17.1. The molecule has 1 N–H and O–H groups in total. The topological polar surface area (TPSA) is 66.5 Å². The van der Waals surface area contributed by atoms with Gasteiger partial charge in [0, 0.05) is 11.3 Å². The van der Waals surface area contributed by atoms with Crippen molar-refractivity contribution in [3.05, 3.63) is 124 Å². The van der Waals surface area contributed by atoms with Gasteiger partial charge in [-0.1, -0.05) is 48.5 Å². The van der Waals surface area contributed by atoms with Gasteiger partial charge in [-0.2, -0.15) is 0 Å². The van der Waals surface area contributed by atoms with Gasteiger partial charge in [0.15, 0.2) is 0 Å². The summed E-state index contributed by atoms with van der Waals surface area (Å²) in [6.07, 6.45) is 0. The number of amides is 1. The SMILES string of the molecule is Cc1ccc(C)c(NC(=O)c2ccc(CN(c3ccc(C)c(C)c3)S(=O)(=O)c3ccccc3)cc2)c1. The van der Waals surface area contributed by atoms with Gasteiger partial charge in [0.25, 0.3) is 15.9 Å². The Kier molecular flexibility index (Phi) is 7.27. The molecule has 4 aromatic rings. The van der Waals surface area contributed by atoms with Crippen molar-refractivity contribution in [1.29, 1.82) is 0 Å². The molecule has 0 aliphatic carbocycles. The first-order valence-corrected chi connectivity index (χ1v) is 13.2. The number of hydrogen-bond acceptors (Lipinski definition) is 3. The van der Waals surface area contributed by atoms with Crippen molar-refractivity contribution in [1.82, 2.24) is 0 Å². The highest BCUT2D eigenvalue weighted by molar-refractivity contribution is 7.92. The maximum Gasteiger partial charge on any atom is 0.264 e. The van der Waals surface area contributed by atoms with Crippen molar-refractivity contribution in [2.24, 2.45) is 0 Å². The molecule has 0 saturated carbocycles. The first-order valence-electron chi connectivity index (χ1n) is 11.8. The fourth-order valence-corrected chi connectivity index (χ4v) is 5.37. The summed E-state index contributed by atoms with van der Waals surface area (Å²) in [5.41, 5.74) is 6.81. The Morgan fingerprint density at radius 2 is 1.42 bits per heavy atom. The summed E-state index contributed by atoms with van der Waals surface area (Å²) >= 11 is 0. The minimum absolute atomic E-state index is 0.138. The van der Waals surface area contributed by atoms with Crippen LogP contribution in [-0.4, -0.2) is 14.3 Å². The van der Waals surface area contributed by atoms with E-state index < -0.39 is 10.0 Å². The van der Waals surface area contributed by atoms with Crippen molar-refractivity contribution in [2.75, 3.05) is 9.62 Å². The lowest BCUT2D eigenvalue weighted by atomic mass is 10.1. The molecule has 4 aromatic carbocycles. The van der Waals surface area contributed by atoms with Crippen LogP contribution in [0.3, 0.4) is 0 Å². The molecule has 0 unspecified atom stereocenters. The fraction of sp³-hybridized carbons (Fsp3) is 0.167. The normalized spacial score (nSPS) is 11.2. The molecule has 0 heterocycles. The standard InChI is InChI=1S/C30H30N2O3S/c1-21-10-11-23(3)29(18-21)31-30(33)26-15-13-25(14-16-26)20-32(27-17-12-22(2)24(4)19-27)36(34,35)28-8-6-5-7-9-28/h5-19H,20H2,1-4H3,(H,31,33). The first kappa shape index (κ1) is 25.2. The van der Waals surface area contributed by atoms with Gasteiger partial charge >= 0.3 is 0 Å². The van der Waals surface area contributed by atoms with Crippen LogP contribution in [0.4, 0.5) is 11.4 Å². The van der Waals surface area contributed by atoms with Crippen LogP contribution in [0.1, 0.15) is 38.2 Å². The number of nitrogens with one attached hydrogen (secondary N) is 1. The minimum Gasteiger partial charge on any atom is -0.322 e. The van der Waals surface area contributed by atoms with Gasteiger partial charge in [0.1, 0.15) is 0 Å². The lowest BCUT2D eigenvalue weighted by molar-refractivity contribution is 0.102. The predicted octanol–water partition coefficient (Wildman–Crippen LogP) is 6.57. The highest BCUT2D eigenvalue weighted by Gasteiger charge is 2.25. The number of hydrogen-bond donors (Lipinski definition) is 1. The van der Waals surface area contributed by atoms with Crippen LogP contribution < -0.4 is 9.62 Å². The molecule has 5 nitrogen and oxygen atoms in total. The Morgan fingerprint density at radius 1 is 0.750 bits per heavy atom. The molecule has 0 bridgehead atoms. The second-order valence-electron chi connectivity index (χ2n) is 9.06. The zero-order chi connectivity index (χ0) is 25.9. The molecule has 0 aromatic heterocycles. The largest absolute Gasteiger partial charge is 0.322 e. The van der Waals surface area contributed by atoms with Gasteiger partial charge in [-0.15, -0.1) is 0 Å². The van der Waals surface area contributed by atoms with E-state index in [0.717, 1.165) is 33.5 Å². The highest BCUT2D eigenvalue weighted by Crippen LogP contribution is 2.28. The van der Waals surface area contributed by atoms with E-state index in [9.17, 15) is 13.2 Å². The Bertz CT molecular complexity index is 1500. The van der Waals surface area contributed by atoms with Gasteiger partial charge < -0.3 is 5.32 Å². The van der Waals surface area contributed by atoms with Crippen LogP contribution in [0.5, 0.6) is 0 Å². The summed E-state index contributed by atoms with van der Waals surface area (Å²) in [6.45, 7) is 8.03. The lowest BCUT2D eigenvalue weighted by Gasteiger charge is -2.25. The van der Waals surface area contributed by atoms with Gasteiger partial charge in [0.05, 0.1) is 17.1 Å². The van der Waals surface area contributed by atoms with Crippen molar-refractivity contribution >= 4 is 27.3 Å². The van der Waals surface area contributed by atoms with E-state index in [1.54, 1.807) is 54.6 Å². The number of carbonyl (C=O) groups is 1. The molecule has 1 amide bonds. The molecule has 6 heteroatoms. The molecular formula is C30H30N2O3S. The Morgan fingerprint density at radius 3 is 2.08 bits per heavy atom. The van der Waals surface area contributed by atoms with Crippen LogP contribution in [0.25, 0.3) is 0 Å². The van der Waals surface area contributed by atoms with Crippen LogP contribution in [-0.2, 0) is 16.6 Å². The van der Waals surface area contributed by atoms with E-state index >= 15 is 0 Å². The van der Waals surface area contributed by atoms with Gasteiger partial charge in [0.2, 0.25) is 0 Å². The number of anilines is 2. The van der Waals surface area contributed by atoms with Gasteiger partial charge in [-0.3, -0.25) is 9.10 Å². The van der Waals surface area contributed by atoms with Crippen molar-refractivity contribution in [3.8, 4) is 0 Å². The number of carbonyl (C=O) groups excluding carboxylic acids is 1. The van der Waals surface area contributed by atoms with E-state index in [-0.39, 0.29) is 17.3 Å². The summed E-state index contributed by atoms with van der Waals surface area (Å²) < 4.78 is 28.7. The number of rotatable bonds is 7. The summed E-state index contributed by atoms with van der Waals surface area (Å²) in [4.78, 5) is 13.1. The molecule has 0 atom stereocenters. The molecule has 0 saturated heterocycles. The summed E-state index contributed by atoms with van der Waals surface area (Å²) in [5.74, 6) is -0.210. The van der Waals surface area contributed by atoms with Crippen molar-refractivity contribution in [3.63, 3.8) is 0 Å². The average molecular weight is 499 g/mol. The van der Waals surface area contributed by atoms with Crippen LogP contribution in [0, 0.1) is 27.7 Å². The fourth-order valence-electron chi connectivity index (χ4n) is 3.91. The molecule has 4 rings (SSSR count). The number of nitrogens with zero attached hydrogens (tertiary/aromatic N) is 1. The maximum atomic E-state index is 13.6. The highest BCUT2D eigenvalue weighted by atomic mass is 32.2. The summed E-state index contributed by atoms with van der Waals surface area (Å²) in [5, 5.41) is 2.97. The van der Waals surface area contributed by atoms with E-state index in [0.29, 0.717) is 11.3 Å². The summed E-state index contributed by atoms with van der Waals surface area (Å²) in [7, 11) is -3.80. The lowest BCUT2D eigenvalue weighted by Crippen LogP contribution is -2.30. The zero-order valence-electron chi connectivity index (χ0n) is 20.9. The quantitative estimate of drug-likeness (QED) is 0.313. The Hall–Kier alpha value is -3.90. The van der Waals surface area contributed by atoms with E-state index in [1.165, 1.54) is 4.31 Å². The van der Waals surface area contributed by atoms with Gasteiger partial charge in [-0.25, -0.2) is 8.42 Å². The molecule has 0 spiro atoms. The molecular weight excluding hydrogens is 468 g/mol. The van der Waals surface area contributed by atoms with E-state index in [1.807, 2.05) is 64.1 Å². The third-order valence-electron chi connectivity index (χ3n) is 6.29. The molecule has 36 heavy (non-hydrogen) atoms.